The molecule has 0 bridgehead atoms. The van der Waals surface area contributed by atoms with Crippen LogP contribution in [0.1, 0.15) is 37.7 Å². The third kappa shape index (κ3) is 5.50. The summed E-state index contributed by atoms with van der Waals surface area (Å²) in [6.45, 7) is 2.37. The Kier molecular flexibility index (Phi) is 6.95. The van der Waals surface area contributed by atoms with Crippen LogP contribution in [-0.4, -0.2) is 23.3 Å². The minimum atomic E-state index is -0.171. The van der Waals surface area contributed by atoms with Gasteiger partial charge in [0.1, 0.15) is 5.82 Å². The fourth-order valence-electron chi connectivity index (χ4n) is 2.49. The normalized spacial score (nSPS) is 11.5. The molecule has 0 saturated carbocycles. The Morgan fingerprint density at radius 3 is 2.50 bits per heavy atom. The van der Waals surface area contributed by atoms with Gasteiger partial charge in [0.05, 0.1) is 5.92 Å². The molecule has 1 aromatic heterocycles. The molecule has 5 nitrogen and oxygen atoms in total. The number of rotatable bonds is 8. The van der Waals surface area contributed by atoms with Crippen molar-refractivity contribution in [2.75, 3.05) is 11.9 Å². The van der Waals surface area contributed by atoms with Gasteiger partial charge in [-0.05, 0) is 24.1 Å². The van der Waals surface area contributed by atoms with E-state index < -0.39 is 0 Å². The quantitative estimate of drug-likeness (QED) is 0.783. The number of benzene rings is 1. The molecule has 2 N–H and O–H groups in total. The molecule has 5 heteroatoms. The van der Waals surface area contributed by atoms with Crippen molar-refractivity contribution >= 4 is 17.6 Å². The van der Waals surface area contributed by atoms with Crippen molar-refractivity contribution in [3.05, 3.63) is 60.3 Å². The van der Waals surface area contributed by atoms with Gasteiger partial charge in [0, 0.05) is 19.2 Å². The van der Waals surface area contributed by atoms with E-state index in [1.54, 1.807) is 24.4 Å². The lowest BCUT2D eigenvalue weighted by atomic mass is 9.93. The molecule has 1 heterocycles. The summed E-state index contributed by atoms with van der Waals surface area (Å²) in [4.78, 5) is 28.3. The van der Waals surface area contributed by atoms with Gasteiger partial charge in [0.15, 0.2) is 0 Å². The first-order valence-electron chi connectivity index (χ1n) is 8.24. The molecule has 0 aliphatic rings. The summed E-state index contributed by atoms with van der Waals surface area (Å²) in [6, 6.07) is 15.1. The number of amides is 2. The van der Waals surface area contributed by atoms with E-state index >= 15 is 0 Å². The summed E-state index contributed by atoms with van der Waals surface area (Å²) in [7, 11) is 0. The predicted molar refractivity (Wildman–Crippen MR) is 94.6 cm³/mol. The van der Waals surface area contributed by atoms with Gasteiger partial charge in [0.2, 0.25) is 11.8 Å². The van der Waals surface area contributed by atoms with Crippen molar-refractivity contribution in [2.45, 2.75) is 32.1 Å². The molecule has 0 unspecified atom stereocenters. The minimum absolute atomic E-state index is 0.0336. The molecule has 0 saturated heterocycles. The second-order valence-corrected chi connectivity index (χ2v) is 5.56. The fraction of sp³-hybridized carbons (Fsp3) is 0.316. The number of nitrogens with one attached hydrogen (secondary N) is 2. The molecule has 126 valence electrons. The zero-order valence-electron chi connectivity index (χ0n) is 13.9. The summed E-state index contributed by atoms with van der Waals surface area (Å²) in [5, 5.41) is 5.56. The lowest BCUT2D eigenvalue weighted by Gasteiger charge is -2.16. The monoisotopic (exact) mass is 325 g/mol. The molecule has 24 heavy (non-hydrogen) atoms. The van der Waals surface area contributed by atoms with Crippen LogP contribution in [0.2, 0.25) is 0 Å². The molecule has 1 atom stereocenters. The average molecular weight is 325 g/mol. The maximum absolute atomic E-state index is 12.4. The average Bonchev–Trinajstić information content (AvgIpc) is 2.61. The number of carbonyl (C=O) groups excluding carboxylic acids is 2. The molecule has 1 aromatic carbocycles. The van der Waals surface area contributed by atoms with Crippen molar-refractivity contribution < 1.29 is 9.59 Å². The molecule has 2 aromatic rings. The first-order valence-corrected chi connectivity index (χ1v) is 8.24. The summed E-state index contributed by atoms with van der Waals surface area (Å²) < 4.78 is 0. The van der Waals surface area contributed by atoms with Gasteiger partial charge in [-0.1, -0.05) is 49.7 Å². The van der Waals surface area contributed by atoms with Gasteiger partial charge in [-0.2, -0.15) is 0 Å². The van der Waals surface area contributed by atoms with Gasteiger partial charge in [0.25, 0.3) is 0 Å². The van der Waals surface area contributed by atoms with Gasteiger partial charge in [-0.25, -0.2) is 4.98 Å². The van der Waals surface area contributed by atoms with Gasteiger partial charge in [-0.3, -0.25) is 9.59 Å². The number of hydrogen-bond acceptors (Lipinski definition) is 3. The maximum Gasteiger partial charge on any atom is 0.227 e. The van der Waals surface area contributed by atoms with Crippen molar-refractivity contribution in [1.29, 1.82) is 0 Å². The summed E-state index contributed by atoms with van der Waals surface area (Å²) in [5.41, 5.74) is 1.01. The largest absolute Gasteiger partial charge is 0.355 e. The third-order valence-corrected chi connectivity index (χ3v) is 3.68. The number of carbonyl (C=O) groups is 2. The number of hydrogen-bond donors (Lipinski definition) is 2. The van der Waals surface area contributed by atoms with Crippen LogP contribution in [0.4, 0.5) is 5.82 Å². The van der Waals surface area contributed by atoms with Crippen LogP contribution >= 0.6 is 0 Å². The van der Waals surface area contributed by atoms with E-state index in [1.165, 1.54) is 0 Å². The van der Waals surface area contributed by atoms with Crippen molar-refractivity contribution in [1.82, 2.24) is 10.3 Å². The lowest BCUT2D eigenvalue weighted by Crippen LogP contribution is -2.32. The summed E-state index contributed by atoms with van der Waals surface area (Å²) in [6.07, 6.45) is 3.55. The lowest BCUT2D eigenvalue weighted by molar-refractivity contribution is -0.122. The molecule has 0 spiro atoms. The second-order valence-electron chi connectivity index (χ2n) is 5.56. The summed E-state index contributed by atoms with van der Waals surface area (Å²) in [5.74, 6) is 0.145. The van der Waals surface area contributed by atoms with Crippen LogP contribution in [0.3, 0.4) is 0 Å². The van der Waals surface area contributed by atoms with E-state index in [0.29, 0.717) is 12.4 Å². The highest BCUT2D eigenvalue weighted by atomic mass is 16.2. The Morgan fingerprint density at radius 2 is 1.83 bits per heavy atom. The zero-order chi connectivity index (χ0) is 17.2. The van der Waals surface area contributed by atoms with Gasteiger partial charge in [-0.15, -0.1) is 0 Å². The second kappa shape index (κ2) is 9.45. The topological polar surface area (TPSA) is 71.1 Å². The molecular formula is C19H23N3O2. The predicted octanol–water partition coefficient (Wildman–Crippen LogP) is 3.11. The first kappa shape index (κ1) is 17.7. The summed E-state index contributed by atoms with van der Waals surface area (Å²) >= 11 is 0. The van der Waals surface area contributed by atoms with Crippen LogP contribution in [-0.2, 0) is 9.59 Å². The van der Waals surface area contributed by atoms with Crippen LogP contribution in [0.5, 0.6) is 0 Å². The van der Waals surface area contributed by atoms with E-state index in [9.17, 15) is 9.59 Å². The minimum Gasteiger partial charge on any atom is -0.355 e. The maximum atomic E-state index is 12.4. The van der Waals surface area contributed by atoms with E-state index in [0.717, 1.165) is 18.4 Å². The Morgan fingerprint density at radius 1 is 1.08 bits per heavy atom. The Labute approximate surface area is 142 Å². The van der Waals surface area contributed by atoms with Crippen LogP contribution < -0.4 is 10.6 Å². The van der Waals surface area contributed by atoms with Crippen molar-refractivity contribution in [2.24, 2.45) is 0 Å². The molecule has 0 aliphatic carbocycles. The Balaban J connectivity index is 1.81. The first-order chi connectivity index (χ1) is 11.7. The van der Waals surface area contributed by atoms with Gasteiger partial charge >= 0.3 is 0 Å². The third-order valence-electron chi connectivity index (χ3n) is 3.68. The number of anilines is 1. The van der Waals surface area contributed by atoms with E-state index in [2.05, 4.69) is 22.5 Å². The van der Waals surface area contributed by atoms with E-state index in [-0.39, 0.29) is 24.2 Å². The number of nitrogens with zero attached hydrogens (tertiary/aromatic N) is 1. The highest BCUT2D eigenvalue weighted by Gasteiger charge is 2.19. The van der Waals surface area contributed by atoms with Crippen molar-refractivity contribution in [3.63, 3.8) is 0 Å². The highest BCUT2D eigenvalue weighted by molar-refractivity contribution is 5.90. The Hall–Kier alpha value is -2.69. The molecular weight excluding hydrogens is 302 g/mol. The molecule has 0 radical (unpaired) electrons. The SMILES string of the molecule is CCC[C@H](C(=O)NCCC(=O)Nc1ccccn1)c1ccccc1. The Bertz CT molecular complexity index is 644. The number of aromatic nitrogens is 1. The van der Waals surface area contributed by atoms with Crippen molar-refractivity contribution in [3.8, 4) is 0 Å². The molecule has 2 rings (SSSR count). The van der Waals surface area contributed by atoms with E-state index in [1.807, 2.05) is 30.3 Å². The molecule has 2 amide bonds. The van der Waals surface area contributed by atoms with Gasteiger partial charge < -0.3 is 10.6 Å². The highest BCUT2D eigenvalue weighted by Crippen LogP contribution is 2.21. The standard InChI is InChI=1S/C19H23N3O2/c1-2-8-16(15-9-4-3-5-10-15)19(24)21-14-12-18(23)22-17-11-6-7-13-20-17/h3-7,9-11,13,16H,2,8,12,14H2,1H3,(H,21,24)(H,20,22,23)/t16-/m0/s1. The molecule has 0 aliphatic heterocycles. The number of pyridine rings is 1. The van der Waals surface area contributed by atoms with Crippen LogP contribution in [0.25, 0.3) is 0 Å². The van der Waals surface area contributed by atoms with Crippen LogP contribution in [0, 0.1) is 0 Å². The fourth-order valence-corrected chi connectivity index (χ4v) is 2.49. The zero-order valence-corrected chi connectivity index (χ0v) is 13.9. The molecule has 0 fully saturated rings. The van der Waals surface area contributed by atoms with Crippen LogP contribution in [0.15, 0.2) is 54.7 Å². The smallest absolute Gasteiger partial charge is 0.227 e. The van der Waals surface area contributed by atoms with E-state index in [4.69, 9.17) is 0 Å².